The molecule has 122 valence electrons. The number of hydrogen-bond donors (Lipinski definition) is 1. The number of rotatable bonds is 6. The molecule has 2 aromatic rings. The van der Waals surface area contributed by atoms with Crippen LogP contribution in [0.4, 0.5) is 0 Å². The molecule has 1 amide bonds. The Hall–Kier alpha value is -2.47. The number of aryl methyl sites for hydroxylation is 1. The molecule has 0 unspecified atom stereocenters. The lowest BCUT2D eigenvalue weighted by atomic mass is 10.1. The zero-order valence-corrected chi connectivity index (χ0v) is 13.6. The van der Waals surface area contributed by atoms with Gasteiger partial charge in [-0.25, -0.2) is 4.98 Å². The van der Waals surface area contributed by atoms with Crippen LogP contribution in [0.3, 0.4) is 0 Å². The molecule has 1 aromatic heterocycles. The lowest BCUT2D eigenvalue weighted by molar-refractivity contribution is -0.122. The number of ether oxygens (including phenoxy) is 1. The molecule has 0 radical (unpaired) electrons. The number of aromatic nitrogens is 2. The van der Waals surface area contributed by atoms with Crippen molar-refractivity contribution in [1.82, 2.24) is 14.9 Å². The Bertz CT molecular complexity index is 726. The number of hydrogen-bond acceptors (Lipinski definition) is 4. The van der Waals surface area contributed by atoms with E-state index in [-0.39, 0.29) is 17.9 Å². The summed E-state index contributed by atoms with van der Waals surface area (Å²) in [7, 11) is 3.21. The topological polar surface area (TPSA) is 73.2 Å². The highest BCUT2D eigenvalue weighted by Gasteiger charge is 2.21. The van der Waals surface area contributed by atoms with Gasteiger partial charge in [0.2, 0.25) is 5.91 Å². The summed E-state index contributed by atoms with van der Waals surface area (Å²) in [6.07, 6.45) is 1.79. The van der Waals surface area contributed by atoms with Crippen molar-refractivity contribution in [3.05, 3.63) is 63.8 Å². The molecular weight excluding hydrogens is 294 g/mol. The molecule has 0 saturated heterocycles. The average molecular weight is 315 g/mol. The molecule has 0 aliphatic rings. The Morgan fingerprint density at radius 2 is 2.04 bits per heavy atom. The molecule has 1 atom stereocenters. The average Bonchev–Trinajstić information content (AvgIpc) is 2.57. The van der Waals surface area contributed by atoms with Crippen LogP contribution in [0, 0.1) is 6.92 Å². The maximum absolute atomic E-state index is 12.2. The van der Waals surface area contributed by atoms with Gasteiger partial charge in [0.1, 0.15) is 11.9 Å². The van der Waals surface area contributed by atoms with Crippen molar-refractivity contribution in [1.29, 1.82) is 0 Å². The summed E-state index contributed by atoms with van der Waals surface area (Å²) in [5.41, 5.74) is 1.31. The Morgan fingerprint density at radius 1 is 1.35 bits per heavy atom. The number of nitrogens with zero attached hydrogens (tertiary/aromatic N) is 2. The number of methoxy groups -OCH3 is 1. The second kappa shape index (κ2) is 7.69. The number of benzene rings is 1. The monoisotopic (exact) mass is 315 g/mol. The van der Waals surface area contributed by atoms with Crippen LogP contribution < -0.4 is 10.9 Å². The summed E-state index contributed by atoms with van der Waals surface area (Å²) in [5.74, 6) is 0.341. The molecule has 6 nitrogen and oxygen atoms in total. The molecular formula is C17H21N3O3. The van der Waals surface area contributed by atoms with Crippen LogP contribution in [0.2, 0.25) is 0 Å². The van der Waals surface area contributed by atoms with E-state index in [1.54, 1.807) is 21.1 Å². The Labute approximate surface area is 135 Å². The second-order valence-corrected chi connectivity index (χ2v) is 5.32. The van der Waals surface area contributed by atoms with Gasteiger partial charge in [-0.1, -0.05) is 30.3 Å². The summed E-state index contributed by atoms with van der Waals surface area (Å²) in [6.45, 7) is 2.06. The van der Waals surface area contributed by atoms with E-state index in [1.807, 2.05) is 30.3 Å². The van der Waals surface area contributed by atoms with E-state index < -0.39 is 6.04 Å². The van der Waals surface area contributed by atoms with Crippen LogP contribution in [-0.4, -0.2) is 29.2 Å². The van der Waals surface area contributed by atoms with Crippen molar-refractivity contribution in [2.45, 2.75) is 19.4 Å². The first-order chi connectivity index (χ1) is 11.0. The van der Waals surface area contributed by atoms with E-state index in [4.69, 9.17) is 4.74 Å². The predicted octanol–water partition coefficient (Wildman–Crippen LogP) is 1.33. The standard InChI is InChI=1S/C17H21N3O3/c1-12-11-18-16(20(2)17(12)22)15(13-7-5-4-6-8-13)19-14(21)9-10-23-3/h4-8,11,15H,9-10H2,1-3H3,(H,19,21)/t15-/m0/s1. The first-order valence-corrected chi connectivity index (χ1v) is 7.40. The molecule has 1 aromatic carbocycles. The molecule has 23 heavy (non-hydrogen) atoms. The van der Waals surface area contributed by atoms with Crippen LogP contribution in [0.25, 0.3) is 0 Å². The van der Waals surface area contributed by atoms with E-state index in [9.17, 15) is 9.59 Å². The first kappa shape index (κ1) is 16.9. The van der Waals surface area contributed by atoms with Crippen LogP contribution in [0.1, 0.15) is 29.4 Å². The molecule has 1 N–H and O–H groups in total. The number of carbonyl (C=O) groups is 1. The fourth-order valence-electron chi connectivity index (χ4n) is 2.31. The van der Waals surface area contributed by atoms with E-state index >= 15 is 0 Å². The molecule has 0 aliphatic carbocycles. The molecule has 1 heterocycles. The summed E-state index contributed by atoms with van der Waals surface area (Å²) in [4.78, 5) is 28.7. The SMILES string of the molecule is COCCC(=O)N[C@@H](c1ccccc1)c1ncc(C)c(=O)n1C. The minimum Gasteiger partial charge on any atom is -0.384 e. The van der Waals surface area contributed by atoms with E-state index in [2.05, 4.69) is 10.3 Å². The van der Waals surface area contributed by atoms with Gasteiger partial charge >= 0.3 is 0 Å². The van der Waals surface area contributed by atoms with Crippen molar-refractivity contribution < 1.29 is 9.53 Å². The highest BCUT2D eigenvalue weighted by molar-refractivity contribution is 5.76. The van der Waals surface area contributed by atoms with Gasteiger partial charge in [0.15, 0.2) is 0 Å². The van der Waals surface area contributed by atoms with Crippen molar-refractivity contribution in [3.63, 3.8) is 0 Å². The number of carbonyl (C=O) groups excluding carboxylic acids is 1. The third-order valence-corrected chi connectivity index (χ3v) is 3.61. The number of amides is 1. The predicted molar refractivity (Wildman–Crippen MR) is 87.1 cm³/mol. The summed E-state index contributed by atoms with van der Waals surface area (Å²) >= 11 is 0. The first-order valence-electron chi connectivity index (χ1n) is 7.40. The fourth-order valence-corrected chi connectivity index (χ4v) is 2.31. The third kappa shape index (κ3) is 4.04. The molecule has 0 bridgehead atoms. The molecule has 6 heteroatoms. The van der Waals surface area contributed by atoms with Crippen LogP contribution in [-0.2, 0) is 16.6 Å². The highest BCUT2D eigenvalue weighted by atomic mass is 16.5. The third-order valence-electron chi connectivity index (χ3n) is 3.61. The second-order valence-electron chi connectivity index (χ2n) is 5.32. The Kier molecular flexibility index (Phi) is 5.65. The summed E-state index contributed by atoms with van der Waals surface area (Å²) in [5, 5.41) is 2.93. The molecule has 0 aliphatic heterocycles. The van der Waals surface area contributed by atoms with Gasteiger partial charge in [-0.3, -0.25) is 14.2 Å². The minimum atomic E-state index is -0.487. The van der Waals surface area contributed by atoms with E-state index in [1.165, 1.54) is 10.8 Å². The van der Waals surface area contributed by atoms with Gasteiger partial charge in [0.05, 0.1) is 6.61 Å². The van der Waals surface area contributed by atoms with Crippen molar-refractivity contribution in [2.24, 2.45) is 7.05 Å². The van der Waals surface area contributed by atoms with Gasteiger partial charge in [-0.2, -0.15) is 0 Å². The smallest absolute Gasteiger partial charge is 0.256 e. The molecule has 0 spiro atoms. The largest absolute Gasteiger partial charge is 0.384 e. The zero-order valence-electron chi connectivity index (χ0n) is 13.6. The van der Waals surface area contributed by atoms with Crippen molar-refractivity contribution in [2.75, 3.05) is 13.7 Å². The lowest BCUT2D eigenvalue weighted by Crippen LogP contribution is -2.35. The van der Waals surface area contributed by atoms with Crippen LogP contribution >= 0.6 is 0 Å². The fraction of sp³-hybridized carbons (Fsp3) is 0.353. The van der Waals surface area contributed by atoms with E-state index in [0.29, 0.717) is 18.0 Å². The van der Waals surface area contributed by atoms with Crippen LogP contribution in [0.15, 0.2) is 41.3 Å². The zero-order chi connectivity index (χ0) is 16.8. The molecule has 0 fully saturated rings. The van der Waals surface area contributed by atoms with E-state index in [0.717, 1.165) is 5.56 Å². The minimum absolute atomic E-state index is 0.123. The summed E-state index contributed by atoms with van der Waals surface area (Å²) < 4.78 is 6.41. The van der Waals surface area contributed by atoms with Gasteiger partial charge in [-0.15, -0.1) is 0 Å². The summed E-state index contributed by atoms with van der Waals surface area (Å²) in [6, 6.07) is 8.97. The normalized spacial score (nSPS) is 12.0. The lowest BCUT2D eigenvalue weighted by Gasteiger charge is -2.21. The molecule has 2 rings (SSSR count). The van der Waals surface area contributed by atoms with Gasteiger partial charge in [-0.05, 0) is 12.5 Å². The van der Waals surface area contributed by atoms with Crippen molar-refractivity contribution >= 4 is 5.91 Å². The maximum atomic E-state index is 12.2. The Morgan fingerprint density at radius 3 is 2.70 bits per heavy atom. The Balaban J connectivity index is 2.40. The highest BCUT2D eigenvalue weighted by Crippen LogP contribution is 2.19. The number of nitrogens with one attached hydrogen (secondary N) is 1. The molecule has 0 saturated carbocycles. The van der Waals surface area contributed by atoms with Gasteiger partial charge < -0.3 is 10.1 Å². The van der Waals surface area contributed by atoms with Crippen molar-refractivity contribution in [3.8, 4) is 0 Å². The quantitative estimate of drug-likeness (QED) is 0.873. The van der Waals surface area contributed by atoms with Gasteiger partial charge in [0, 0.05) is 32.3 Å². The van der Waals surface area contributed by atoms with Crippen LogP contribution in [0.5, 0.6) is 0 Å². The van der Waals surface area contributed by atoms with Gasteiger partial charge in [0.25, 0.3) is 5.56 Å². The maximum Gasteiger partial charge on any atom is 0.256 e.